The quantitative estimate of drug-likeness (QED) is 0.308. The molecule has 1 heterocycles. The van der Waals surface area contributed by atoms with Gasteiger partial charge in [-0.3, -0.25) is 0 Å². The average molecular weight is 443 g/mol. The van der Waals surface area contributed by atoms with E-state index in [2.05, 4.69) is 30.9 Å². The van der Waals surface area contributed by atoms with Crippen LogP contribution in [-0.4, -0.2) is 15.0 Å². The fourth-order valence-corrected chi connectivity index (χ4v) is 3.46. The molecule has 138 valence electrons. The van der Waals surface area contributed by atoms with Crippen molar-refractivity contribution in [2.75, 3.05) is 0 Å². The molecular formula is C25H16BrN3. The molecule has 5 aromatic rings. The van der Waals surface area contributed by atoms with Gasteiger partial charge in [-0.25, -0.2) is 15.0 Å². The number of hydrogen-bond acceptors (Lipinski definition) is 3. The van der Waals surface area contributed by atoms with Crippen LogP contribution in [0.2, 0.25) is 0 Å². The van der Waals surface area contributed by atoms with Crippen molar-refractivity contribution in [1.82, 2.24) is 15.0 Å². The second-order valence-corrected chi connectivity index (χ2v) is 7.29. The highest BCUT2D eigenvalue weighted by molar-refractivity contribution is 9.10. The zero-order valence-corrected chi connectivity index (χ0v) is 16.7. The first-order chi connectivity index (χ1) is 16.3. The normalized spacial score (nSPS) is 13.3. The zero-order chi connectivity index (χ0) is 24.0. The molecule has 29 heavy (non-hydrogen) atoms. The molecule has 0 saturated carbocycles. The molecule has 3 nitrogen and oxygen atoms in total. The van der Waals surface area contributed by atoms with E-state index in [9.17, 15) is 0 Å². The molecule has 0 N–H and O–H groups in total. The first-order valence-electron chi connectivity index (χ1n) is 11.4. The molecular weight excluding hydrogens is 422 g/mol. The zero-order valence-electron chi connectivity index (χ0n) is 20.1. The molecule has 4 heteroatoms. The Balaban J connectivity index is 1.80. The molecule has 0 aliphatic carbocycles. The molecule has 0 bridgehead atoms. The van der Waals surface area contributed by atoms with Gasteiger partial charge in [0.25, 0.3) is 0 Å². The van der Waals surface area contributed by atoms with Gasteiger partial charge in [-0.15, -0.1) is 0 Å². The fraction of sp³-hybridized carbons (Fsp3) is 0. The summed E-state index contributed by atoms with van der Waals surface area (Å²) in [4.78, 5) is 13.8. The van der Waals surface area contributed by atoms with Crippen molar-refractivity contribution >= 4 is 26.7 Å². The molecule has 0 radical (unpaired) electrons. The standard InChI is InChI=1S/C25H16BrN3/c26-22-12-6-11-20(16-22)24-27-23(18-8-2-1-3-9-18)28-25(29-24)21-14-13-17-7-4-5-10-19(17)15-21/h1-16H/i1D,2D,3D,8D,9D. The van der Waals surface area contributed by atoms with E-state index in [4.69, 9.17) is 6.85 Å². The molecule has 4 aromatic carbocycles. The Hall–Kier alpha value is -3.37. The number of halogens is 1. The summed E-state index contributed by atoms with van der Waals surface area (Å²) in [6, 6.07) is 19.1. The second kappa shape index (κ2) is 7.57. The van der Waals surface area contributed by atoms with Crippen LogP contribution in [-0.2, 0) is 0 Å². The molecule has 0 atom stereocenters. The van der Waals surface area contributed by atoms with E-state index in [0.29, 0.717) is 17.2 Å². The summed E-state index contributed by atoms with van der Waals surface area (Å²) in [5.41, 5.74) is 1.37. The molecule has 0 aliphatic heterocycles. The Kier molecular flexibility index (Phi) is 3.38. The van der Waals surface area contributed by atoms with Crippen molar-refractivity contribution in [2.24, 2.45) is 0 Å². The van der Waals surface area contributed by atoms with Crippen molar-refractivity contribution in [2.45, 2.75) is 0 Å². The van der Waals surface area contributed by atoms with Crippen LogP contribution in [0.25, 0.3) is 44.9 Å². The summed E-state index contributed by atoms with van der Waals surface area (Å²) < 4.78 is 41.6. The lowest BCUT2D eigenvalue weighted by atomic mass is 10.1. The highest BCUT2D eigenvalue weighted by atomic mass is 79.9. The molecule has 0 saturated heterocycles. The minimum atomic E-state index is -0.463. The van der Waals surface area contributed by atoms with Crippen molar-refractivity contribution in [3.8, 4) is 34.2 Å². The van der Waals surface area contributed by atoms with Gasteiger partial charge >= 0.3 is 0 Å². The highest BCUT2D eigenvalue weighted by Crippen LogP contribution is 2.27. The van der Waals surface area contributed by atoms with E-state index in [1.165, 1.54) is 0 Å². The number of benzene rings is 4. The number of fused-ring (bicyclic) bond motifs is 1. The molecule has 0 spiro atoms. The van der Waals surface area contributed by atoms with Gasteiger partial charge in [-0.2, -0.15) is 0 Å². The van der Waals surface area contributed by atoms with E-state index < -0.39 is 18.1 Å². The van der Waals surface area contributed by atoms with Crippen LogP contribution in [0.1, 0.15) is 6.85 Å². The van der Waals surface area contributed by atoms with Crippen LogP contribution in [0.4, 0.5) is 0 Å². The molecule has 0 fully saturated rings. The molecule has 5 rings (SSSR count). The molecule has 0 aliphatic rings. The maximum absolute atomic E-state index is 8.38. The number of nitrogens with zero attached hydrogens (tertiary/aromatic N) is 3. The third-order valence-electron chi connectivity index (χ3n) is 4.45. The third-order valence-corrected chi connectivity index (χ3v) is 4.94. The predicted molar refractivity (Wildman–Crippen MR) is 121 cm³/mol. The Morgan fingerprint density at radius 1 is 0.586 bits per heavy atom. The summed E-state index contributed by atoms with van der Waals surface area (Å²) in [7, 11) is 0. The van der Waals surface area contributed by atoms with Crippen LogP contribution in [0.15, 0.2) is 101 Å². The monoisotopic (exact) mass is 442 g/mol. The van der Waals surface area contributed by atoms with Crippen LogP contribution in [0, 0.1) is 0 Å². The lowest BCUT2D eigenvalue weighted by Crippen LogP contribution is -2.00. The molecule has 0 amide bonds. The van der Waals surface area contributed by atoms with Crippen LogP contribution in [0.5, 0.6) is 0 Å². The number of rotatable bonds is 3. The van der Waals surface area contributed by atoms with E-state index in [1.54, 1.807) is 0 Å². The van der Waals surface area contributed by atoms with Gasteiger partial charge in [0.1, 0.15) is 0 Å². The van der Waals surface area contributed by atoms with E-state index in [0.717, 1.165) is 20.8 Å². The van der Waals surface area contributed by atoms with Crippen molar-refractivity contribution < 1.29 is 6.85 Å². The summed E-state index contributed by atoms with van der Waals surface area (Å²) in [5.74, 6) is 0.698. The van der Waals surface area contributed by atoms with E-state index in [1.807, 2.05) is 66.7 Å². The highest BCUT2D eigenvalue weighted by Gasteiger charge is 2.12. The van der Waals surface area contributed by atoms with Crippen LogP contribution < -0.4 is 0 Å². The summed E-state index contributed by atoms with van der Waals surface area (Å²) in [5, 5.41) is 2.08. The van der Waals surface area contributed by atoms with Crippen LogP contribution >= 0.6 is 15.9 Å². The predicted octanol–water partition coefficient (Wildman–Crippen LogP) is 6.79. The largest absolute Gasteiger partial charge is 0.208 e. The van der Waals surface area contributed by atoms with E-state index >= 15 is 0 Å². The van der Waals surface area contributed by atoms with Gasteiger partial charge in [-0.05, 0) is 29.0 Å². The smallest absolute Gasteiger partial charge is 0.164 e. The number of aromatic nitrogens is 3. The van der Waals surface area contributed by atoms with Crippen molar-refractivity contribution in [1.29, 1.82) is 0 Å². The minimum Gasteiger partial charge on any atom is -0.208 e. The van der Waals surface area contributed by atoms with Crippen LogP contribution in [0.3, 0.4) is 0 Å². The van der Waals surface area contributed by atoms with Gasteiger partial charge in [0.2, 0.25) is 0 Å². The van der Waals surface area contributed by atoms with Gasteiger partial charge < -0.3 is 0 Å². The average Bonchev–Trinajstić information content (AvgIpc) is 2.86. The Morgan fingerprint density at radius 3 is 1.97 bits per heavy atom. The molecule has 1 aromatic heterocycles. The maximum atomic E-state index is 8.38. The fourth-order valence-electron chi connectivity index (χ4n) is 3.06. The third kappa shape index (κ3) is 3.67. The van der Waals surface area contributed by atoms with E-state index in [-0.39, 0.29) is 23.5 Å². The lowest BCUT2D eigenvalue weighted by molar-refractivity contribution is 1.07. The molecule has 0 unspecified atom stereocenters. The summed E-state index contributed by atoms with van der Waals surface area (Å²) in [6.45, 7) is 0. The Morgan fingerprint density at radius 2 is 1.24 bits per heavy atom. The number of hydrogen-bond donors (Lipinski definition) is 0. The summed E-state index contributed by atoms with van der Waals surface area (Å²) in [6.07, 6.45) is 0. The Labute approximate surface area is 184 Å². The van der Waals surface area contributed by atoms with Crippen molar-refractivity contribution in [3.63, 3.8) is 0 Å². The SMILES string of the molecule is [2H]c1c([2H])c([2H])c(-c2nc(-c3cccc(Br)c3)nc(-c3ccc4ccccc4c3)n2)c([2H])c1[2H]. The van der Waals surface area contributed by atoms with Gasteiger partial charge in [0.15, 0.2) is 17.5 Å². The van der Waals surface area contributed by atoms with Gasteiger partial charge in [0.05, 0.1) is 6.85 Å². The first kappa shape index (κ1) is 13.0. The maximum Gasteiger partial charge on any atom is 0.164 e. The van der Waals surface area contributed by atoms with Gasteiger partial charge in [0, 0.05) is 21.2 Å². The second-order valence-electron chi connectivity index (χ2n) is 6.38. The Bertz CT molecular complexity index is 1560. The van der Waals surface area contributed by atoms with Gasteiger partial charge in [-0.1, -0.05) is 94.7 Å². The summed E-state index contributed by atoms with van der Waals surface area (Å²) >= 11 is 3.46. The van der Waals surface area contributed by atoms with Crippen molar-refractivity contribution in [3.05, 3.63) is 101 Å². The lowest BCUT2D eigenvalue weighted by Gasteiger charge is -2.09. The minimum absolute atomic E-state index is 0.0186. The topological polar surface area (TPSA) is 38.7 Å². The first-order valence-corrected chi connectivity index (χ1v) is 9.71.